The maximum atomic E-state index is 13.0. The van der Waals surface area contributed by atoms with Gasteiger partial charge in [-0.3, -0.25) is 14.4 Å². The van der Waals surface area contributed by atoms with Crippen molar-refractivity contribution >= 4 is 29.7 Å². The Bertz CT molecular complexity index is 1180. The second kappa shape index (κ2) is 10.4. The molecule has 0 radical (unpaired) electrons. The van der Waals surface area contributed by atoms with Gasteiger partial charge in [0.1, 0.15) is 5.76 Å². The molecule has 1 aromatic heterocycles. The average molecular weight is 450 g/mol. The molecular formula is C24H20ClN3O4. The number of amides is 2. The first-order valence-corrected chi connectivity index (χ1v) is 10.2. The van der Waals surface area contributed by atoms with E-state index in [1.807, 2.05) is 0 Å². The Morgan fingerprint density at radius 2 is 1.91 bits per heavy atom. The van der Waals surface area contributed by atoms with E-state index in [-0.39, 0.29) is 28.7 Å². The fourth-order valence-electron chi connectivity index (χ4n) is 3.19. The van der Waals surface area contributed by atoms with Crippen molar-refractivity contribution in [3.8, 4) is 17.4 Å². The van der Waals surface area contributed by atoms with Crippen molar-refractivity contribution in [3.63, 3.8) is 0 Å². The molecule has 2 aromatic carbocycles. The van der Waals surface area contributed by atoms with Crippen molar-refractivity contribution in [2.24, 2.45) is 0 Å². The first kappa shape index (κ1) is 22.8. The standard InChI is InChI=1S/C24H20ClN3O4/c1-27-23(30)12-18(10-15-2-4-16(13-26)5-3-15)28-24(31)20-11-17(6-8-21(20)25)22-9-7-19(14-29)32-22/h2-9,11,14,18H,10,12H2,1H3,(H,27,30)(H,28,31). The third-order valence-corrected chi connectivity index (χ3v) is 5.18. The number of carbonyl (C=O) groups excluding carboxylic acids is 3. The van der Waals surface area contributed by atoms with Crippen molar-refractivity contribution in [1.82, 2.24) is 10.6 Å². The fourth-order valence-corrected chi connectivity index (χ4v) is 3.39. The lowest BCUT2D eigenvalue weighted by molar-refractivity contribution is -0.121. The van der Waals surface area contributed by atoms with Gasteiger partial charge in [0.25, 0.3) is 5.91 Å². The number of hydrogen-bond donors (Lipinski definition) is 2. The zero-order chi connectivity index (χ0) is 23.1. The molecule has 32 heavy (non-hydrogen) atoms. The SMILES string of the molecule is CNC(=O)CC(Cc1ccc(C#N)cc1)NC(=O)c1cc(-c2ccc(C=O)o2)ccc1Cl. The molecule has 0 aliphatic heterocycles. The number of hydrogen-bond acceptors (Lipinski definition) is 5. The molecule has 162 valence electrons. The van der Waals surface area contributed by atoms with Crippen LogP contribution in [-0.4, -0.2) is 31.2 Å². The Morgan fingerprint density at radius 1 is 1.16 bits per heavy atom. The topological polar surface area (TPSA) is 112 Å². The number of furan rings is 1. The molecule has 1 heterocycles. The highest BCUT2D eigenvalue weighted by atomic mass is 35.5. The van der Waals surface area contributed by atoms with E-state index in [2.05, 4.69) is 16.7 Å². The number of rotatable bonds is 8. The molecule has 0 fully saturated rings. The average Bonchev–Trinajstić information content (AvgIpc) is 3.29. The third kappa shape index (κ3) is 5.62. The number of aldehydes is 1. The van der Waals surface area contributed by atoms with Gasteiger partial charge < -0.3 is 15.1 Å². The van der Waals surface area contributed by atoms with E-state index in [0.29, 0.717) is 29.6 Å². The van der Waals surface area contributed by atoms with Crippen LogP contribution in [0.3, 0.4) is 0 Å². The molecule has 3 rings (SSSR count). The summed E-state index contributed by atoms with van der Waals surface area (Å²) in [6.45, 7) is 0. The second-order valence-corrected chi connectivity index (χ2v) is 7.48. The van der Waals surface area contributed by atoms with E-state index in [1.165, 1.54) is 13.1 Å². The maximum Gasteiger partial charge on any atom is 0.253 e. The van der Waals surface area contributed by atoms with Crippen LogP contribution in [-0.2, 0) is 11.2 Å². The zero-order valence-corrected chi connectivity index (χ0v) is 18.0. The Morgan fingerprint density at radius 3 is 2.53 bits per heavy atom. The molecule has 0 aliphatic rings. The molecule has 0 saturated heterocycles. The van der Waals surface area contributed by atoms with Crippen LogP contribution in [0.15, 0.2) is 59.0 Å². The molecule has 0 aliphatic carbocycles. The summed E-state index contributed by atoms with van der Waals surface area (Å²) in [5.74, 6) is -0.0614. The van der Waals surface area contributed by atoms with E-state index in [4.69, 9.17) is 21.3 Å². The van der Waals surface area contributed by atoms with Gasteiger partial charge in [0, 0.05) is 25.1 Å². The molecule has 2 N–H and O–H groups in total. The van der Waals surface area contributed by atoms with Crippen LogP contribution in [0.2, 0.25) is 5.02 Å². The van der Waals surface area contributed by atoms with Crippen molar-refractivity contribution in [2.45, 2.75) is 18.9 Å². The van der Waals surface area contributed by atoms with Crippen molar-refractivity contribution in [1.29, 1.82) is 5.26 Å². The Hall–Kier alpha value is -3.89. The van der Waals surface area contributed by atoms with Gasteiger partial charge in [-0.2, -0.15) is 5.26 Å². The minimum absolute atomic E-state index is 0.0699. The number of nitriles is 1. The van der Waals surface area contributed by atoms with Crippen molar-refractivity contribution < 1.29 is 18.8 Å². The van der Waals surface area contributed by atoms with Crippen LogP contribution in [0.1, 0.15) is 38.5 Å². The lowest BCUT2D eigenvalue weighted by Gasteiger charge is -2.19. The van der Waals surface area contributed by atoms with Crippen LogP contribution >= 0.6 is 11.6 Å². The highest BCUT2D eigenvalue weighted by Crippen LogP contribution is 2.27. The van der Waals surface area contributed by atoms with Gasteiger partial charge in [0.05, 0.1) is 22.2 Å². The number of nitrogens with zero attached hydrogens (tertiary/aromatic N) is 1. The molecule has 2 amide bonds. The largest absolute Gasteiger partial charge is 0.453 e. The van der Waals surface area contributed by atoms with Gasteiger partial charge in [0.15, 0.2) is 12.0 Å². The minimum atomic E-state index is -0.500. The quantitative estimate of drug-likeness (QED) is 0.508. The smallest absolute Gasteiger partial charge is 0.253 e. The van der Waals surface area contributed by atoms with Gasteiger partial charge in [-0.05, 0) is 54.4 Å². The zero-order valence-electron chi connectivity index (χ0n) is 17.2. The normalized spacial score (nSPS) is 11.3. The number of benzene rings is 2. The first-order valence-electron chi connectivity index (χ1n) is 9.79. The van der Waals surface area contributed by atoms with Gasteiger partial charge >= 0.3 is 0 Å². The fraction of sp³-hybridized carbons (Fsp3) is 0.167. The lowest BCUT2D eigenvalue weighted by Crippen LogP contribution is -2.40. The number of carbonyl (C=O) groups is 3. The predicted molar refractivity (Wildman–Crippen MR) is 119 cm³/mol. The highest BCUT2D eigenvalue weighted by molar-refractivity contribution is 6.34. The first-order chi connectivity index (χ1) is 15.4. The minimum Gasteiger partial charge on any atom is -0.453 e. The Labute approximate surface area is 190 Å². The van der Waals surface area contributed by atoms with Gasteiger partial charge in [-0.15, -0.1) is 0 Å². The Kier molecular flexibility index (Phi) is 7.42. The summed E-state index contributed by atoms with van der Waals surface area (Å²) in [6, 6.07) is 16.5. The van der Waals surface area contributed by atoms with E-state index in [9.17, 15) is 14.4 Å². The van der Waals surface area contributed by atoms with E-state index >= 15 is 0 Å². The van der Waals surface area contributed by atoms with Crippen molar-refractivity contribution in [2.75, 3.05) is 7.05 Å². The van der Waals surface area contributed by atoms with Gasteiger partial charge in [-0.25, -0.2) is 0 Å². The summed E-state index contributed by atoms with van der Waals surface area (Å²) in [7, 11) is 1.53. The van der Waals surface area contributed by atoms with Crippen LogP contribution in [0.25, 0.3) is 11.3 Å². The molecule has 0 bridgehead atoms. The summed E-state index contributed by atoms with van der Waals surface area (Å²) >= 11 is 6.26. The number of nitrogens with one attached hydrogen (secondary N) is 2. The second-order valence-electron chi connectivity index (χ2n) is 7.08. The molecule has 8 heteroatoms. The van der Waals surface area contributed by atoms with E-state index in [0.717, 1.165) is 5.56 Å². The molecule has 3 aromatic rings. The van der Waals surface area contributed by atoms with Crippen LogP contribution in [0, 0.1) is 11.3 Å². The lowest BCUT2D eigenvalue weighted by atomic mass is 10.0. The van der Waals surface area contributed by atoms with Crippen molar-refractivity contribution in [3.05, 3.63) is 82.1 Å². The maximum absolute atomic E-state index is 13.0. The van der Waals surface area contributed by atoms with Crippen LogP contribution in [0.4, 0.5) is 0 Å². The molecule has 0 saturated carbocycles. The molecule has 0 spiro atoms. The summed E-state index contributed by atoms with van der Waals surface area (Å²) in [4.78, 5) is 35.9. The van der Waals surface area contributed by atoms with Gasteiger partial charge in [0.2, 0.25) is 5.91 Å². The van der Waals surface area contributed by atoms with Crippen LogP contribution in [0.5, 0.6) is 0 Å². The molecule has 1 unspecified atom stereocenters. The molecular weight excluding hydrogens is 430 g/mol. The van der Waals surface area contributed by atoms with Gasteiger partial charge in [-0.1, -0.05) is 23.7 Å². The monoisotopic (exact) mass is 449 g/mol. The summed E-state index contributed by atoms with van der Waals surface area (Å²) in [5, 5.41) is 14.6. The molecule has 1 atom stereocenters. The third-order valence-electron chi connectivity index (χ3n) is 4.85. The predicted octanol–water partition coefficient (Wildman–Crippen LogP) is 3.76. The number of halogens is 1. The summed E-state index contributed by atoms with van der Waals surface area (Å²) in [5.41, 5.74) is 2.20. The van der Waals surface area contributed by atoms with E-state index < -0.39 is 11.9 Å². The van der Waals surface area contributed by atoms with Crippen LogP contribution < -0.4 is 10.6 Å². The highest BCUT2D eigenvalue weighted by Gasteiger charge is 2.20. The molecule has 7 nitrogen and oxygen atoms in total. The van der Waals surface area contributed by atoms with E-state index in [1.54, 1.807) is 48.5 Å². The summed E-state index contributed by atoms with van der Waals surface area (Å²) in [6.07, 6.45) is 1.06. The summed E-state index contributed by atoms with van der Waals surface area (Å²) < 4.78 is 5.42. The Balaban J connectivity index is 1.82.